The van der Waals surface area contributed by atoms with Gasteiger partial charge in [-0.15, -0.1) is 0 Å². The van der Waals surface area contributed by atoms with Gasteiger partial charge in [-0.25, -0.2) is 23.2 Å². The van der Waals surface area contributed by atoms with Gasteiger partial charge >= 0.3 is 5.97 Å². The van der Waals surface area contributed by atoms with E-state index in [0.29, 0.717) is 65.8 Å². The maximum Gasteiger partial charge on any atom is 0.339 e. The summed E-state index contributed by atoms with van der Waals surface area (Å²) in [5, 5.41) is 25.9. The summed E-state index contributed by atoms with van der Waals surface area (Å²) >= 11 is 0. The van der Waals surface area contributed by atoms with Gasteiger partial charge in [0.15, 0.2) is 29.4 Å². The monoisotopic (exact) mass is 619 g/mol. The number of benzene rings is 3. The highest BCUT2D eigenvalue weighted by Gasteiger charge is 2.28. The molecule has 7 rings (SSSR count). The van der Waals surface area contributed by atoms with Crippen LogP contribution in [-0.4, -0.2) is 50.8 Å². The van der Waals surface area contributed by atoms with Crippen LogP contribution in [0.15, 0.2) is 48.7 Å². The van der Waals surface area contributed by atoms with E-state index < -0.39 is 40.5 Å². The van der Waals surface area contributed by atoms with Crippen molar-refractivity contribution in [2.45, 2.75) is 44.2 Å². The number of aromatic nitrogens is 3. The number of rotatable bonds is 6. The van der Waals surface area contributed by atoms with E-state index in [-0.39, 0.29) is 18.0 Å². The molecular formula is C33H28F3N3O6. The van der Waals surface area contributed by atoms with E-state index in [1.807, 2.05) is 6.07 Å². The quantitative estimate of drug-likeness (QED) is 0.201. The fraction of sp³-hybridized carbons (Fsp3) is 0.303. The van der Waals surface area contributed by atoms with Crippen molar-refractivity contribution in [1.82, 2.24) is 14.8 Å². The van der Waals surface area contributed by atoms with Gasteiger partial charge < -0.3 is 24.4 Å². The predicted octanol–water partition coefficient (Wildman–Crippen LogP) is 7.46. The molecule has 9 nitrogen and oxygen atoms in total. The lowest BCUT2D eigenvalue weighted by atomic mass is 9.87. The molecule has 2 fully saturated rings. The highest BCUT2D eigenvalue weighted by Crippen LogP contribution is 2.45. The van der Waals surface area contributed by atoms with E-state index >= 15 is 4.39 Å². The van der Waals surface area contributed by atoms with Crippen molar-refractivity contribution in [2.24, 2.45) is 0 Å². The molecule has 1 unspecified atom stereocenters. The van der Waals surface area contributed by atoms with Crippen molar-refractivity contribution in [3.8, 4) is 28.5 Å². The Labute approximate surface area is 254 Å². The molecule has 0 aliphatic carbocycles. The Morgan fingerprint density at radius 1 is 0.956 bits per heavy atom. The number of fused-ring (bicyclic) bond motifs is 2. The number of hydrogen-bond acceptors (Lipinski definition) is 7. The minimum absolute atomic E-state index is 0.0154. The average Bonchev–Trinajstić information content (AvgIpc) is 3.47. The van der Waals surface area contributed by atoms with Gasteiger partial charge in [0.05, 0.1) is 17.4 Å². The first-order valence-electron chi connectivity index (χ1n) is 14.7. The summed E-state index contributed by atoms with van der Waals surface area (Å²) < 4.78 is 63.4. The van der Waals surface area contributed by atoms with Gasteiger partial charge in [0, 0.05) is 42.1 Å². The van der Waals surface area contributed by atoms with E-state index in [9.17, 15) is 23.8 Å². The number of nitrogens with zero attached hydrogens (tertiary/aromatic N) is 3. The zero-order chi connectivity index (χ0) is 31.2. The molecule has 2 saturated heterocycles. The van der Waals surface area contributed by atoms with Crippen LogP contribution < -0.4 is 4.74 Å². The Bertz CT molecular complexity index is 1950. The third-order valence-electron chi connectivity index (χ3n) is 8.48. The second-order valence-electron chi connectivity index (χ2n) is 11.2. The van der Waals surface area contributed by atoms with Gasteiger partial charge in [0.25, 0.3) is 0 Å². The molecule has 0 bridgehead atoms. The van der Waals surface area contributed by atoms with E-state index in [4.69, 9.17) is 19.2 Å². The Hall–Kier alpha value is -4.68. The lowest BCUT2D eigenvalue weighted by Crippen LogP contribution is -2.19. The lowest BCUT2D eigenvalue weighted by Gasteiger charge is -2.26. The molecular weight excluding hydrogens is 591 g/mol. The molecule has 0 spiro atoms. The molecule has 0 radical (unpaired) electrons. The smallest absolute Gasteiger partial charge is 0.339 e. The first-order valence-corrected chi connectivity index (χ1v) is 14.7. The van der Waals surface area contributed by atoms with E-state index in [1.165, 1.54) is 6.07 Å². The second-order valence-corrected chi connectivity index (χ2v) is 11.2. The number of carbonyl (C=O) groups is 1. The lowest BCUT2D eigenvalue weighted by molar-refractivity contribution is -0.0366. The van der Waals surface area contributed by atoms with Crippen molar-refractivity contribution in [2.75, 3.05) is 19.8 Å². The minimum Gasteiger partial charge on any atom is -0.504 e. The van der Waals surface area contributed by atoms with Crippen LogP contribution >= 0.6 is 0 Å². The molecule has 12 heteroatoms. The summed E-state index contributed by atoms with van der Waals surface area (Å²) in [6, 6.07) is 9.49. The van der Waals surface area contributed by atoms with Gasteiger partial charge in [-0.05, 0) is 79.5 Å². The number of phenols is 1. The fourth-order valence-electron chi connectivity index (χ4n) is 6.19. The first kappa shape index (κ1) is 29.1. The van der Waals surface area contributed by atoms with Crippen LogP contribution in [0, 0.1) is 17.5 Å². The second kappa shape index (κ2) is 11.7. The van der Waals surface area contributed by atoms with E-state index in [2.05, 4.69) is 5.10 Å². The topological polar surface area (TPSA) is 116 Å². The first-order chi connectivity index (χ1) is 21.8. The van der Waals surface area contributed by atoms with Gasteiger partial charge in [-0.3, -0.25) is 0 Å². The average molecular weight is 620 g/mol. The maximum absolute atomic E-state index is 15.3. The summed E-state index contributed by atoms with van der Waals surface area (Å²) in [5.41, 5.74) is 1.57. The summed E-state index contributed by atoms with van der Waals surface area (Å²) in [7, 11) is 0. The van der Waals surface area contributed by atoms with Gasteiger partial charge in [0.1, 0.15) is 5.56 Å². The molecule has 0 amide bonds. The van der Waals surface area contributed by atoms with Crippen LogP contribution in [0.5, 0.6) is 17.4 Å². The van der Waals surface area contributed by atoms with Crippen LogP contribution in [0.1, 0.15) is 60.3 Å². The molecule has 2 aliphatic rings. The Morgan fingerprint density at radius 2 is 1.78 bits per heavy atom. The molecule has 3 aromatic carbocycles. The predicted molar refractivity (Wildman–Crippen MR) is 157 cm³/mol. The summed E-state index contributed by atoms with van der Waals surface area (Å²) in [6.45, 7) is 1.52. The third kappa shape index (κ3) is 5.23. The van der Waals surface area contributed by atoms with Crippen LogP contribution in [0.4, 0.5) is 13.2 Å². The summed E-state index contributed by atoms with van der Waals surface area (Å²) in [5.74, 6) is -6.44. The molecule has 45 heavy (non-hydrogen) atoms. The Kier molecular flexibility index (Phi) is 7.54. The zero-order valence-electron chi connectivity index (χ0n) is 23.9. The summed E-state index contributed by atoms with van der Waals surface area (Å²) in [6.07, 6.45) is 5.29. The molecule has 4 heterocycles. The number of pyridine rings is 1. The molecule has 2 aromatic heterocycles. The molecule has 5 aromatic rings. The highest BCUT2D eigenvalue weighted by atomic mass is 19.2. The molecule has 0 saturated carbocycles. The maximum atomic E-state index is 15.3. The van der Waals surface area contributed by atoms with Crippen LogP contribution in [-0.2, 0) is 9.47 Å². The minimum atomic E-state index is -1.50. The number of aromatic hydroxyl groups is 1. The summed E-state index contributed by atoms with van der Waals surface area (Å²) in [4.78, 5) is 16.3. The highest BCUT2D eigenvalue weighted by molar-refractivity contribution is 6.07. The standard InChI is InChI=1S/C33H28F3N3O6/c34-23-6-4-18(14-24(23)35)28-21-13-19-16-37-39(27-3-1-2-10-44-27)25(19)15-22(21)32(38-30(28)17-8-11-43-12-9-17)45-26-7-5-20(33(41)42)31(40)29(26)36/h4-7,13-17,27,40H,1-3,8-12H2,(H,41,42). The van der Waals surface area contributed by atoms with Crippen molar-refractivity contribution in [1.29, 1.82) is 0 Å². The van der Waals surface area contributed by atoms with Gasteiger partial charge in [-0.1, -0.05) is 6.07 Å². The SMILES string of the molecule is O=C(O)c1ccc(Oc2nc(C3CCOCC3)c(-c3ccc(F)c(F)c3)c3cc4cnn(C5CCCCO5)c4cc23)c(F)c1O. The van der Waals surface area contributed by atoms with Gasteiger partial charge in [0.2, 0.25) is 11.7 Å². The number of carboxylic acid groups (broad SMARTS) is 1. The number of halogens is 3. The van der Waals surface area contributed by atoms with Gasteiger partial charge in [-0.2, -0.15) is 9.49 Å². The van der Waals surface area contributed by atoms with Crippen LogP contribution in [0.3, 0.4) is 0 Å². The fourth-order valence-corrected chi connectivity index (χ4v) is 6.19. The van der Waals surface area contributed by atoms with Crippen molar-refractivity contribution in [3.05, 3.63) is 77.4 Å². The van der Waals surface area contributed by atoms with Crippen molar-refractivity contribution in [3.63, 3.8) is 0 Å². The van der Waals surface area contributed by atoms with E-state index in [1.54, 1.807) is 16.9 Å². The number of carboxylic acids is 1. The molecule has 2 N–H and O–H groups in total. The molecule has 1 atom stereocenters. The van der Waals surface area contributed by atoms with Crippen molar-refractivity contribution < 1.29 is 42.4 Å². The van der Waals surface area contributed by atoms with E-state index in [0.717, 1.165) is 48.9 Å². The van der Waals surface area contributed by atoms with Crippen molar-refractivity contribution >= 4 is 27.6 Å². The number of hydrogen-bond donors (Lipinski definition) is 2. The van der Waals surface area contributed by atoms with Crippen LogP contribution in [0.25, 0.3) is 32.8 Å². The number of aromatic carboxylic acids is 1. The largest absolute Gasteiger partial charge is 0.504 e. The number of ether oxygens (including phenoxy) is 3. The molecule has 232 valence electrons. The third-order valence-corrected chi connectivity index (χ3v) is 8.48. The Morgan fingerprint density at radius 3 is 2.51 bits per heavy atom. The Balaban J connectivity index is 1.50. The zero-order valence-corrected chi connectivity index (χ0v) is 23.9. The van der Waals surface area contributed by atoms with Crippen LogP contribution in [0.2, 0.25) is 0 Å². The normalized spacial score (nSPS) is 17.6. The molecule has 2 aliphatic heterocycles.